The summed E-state index contributed by atoms with van der Waals surface area (Å²) in [5.74, 6) is -0.299. The molecule has 1 amide bonds. The lowest BCUT2D eigenvalue weighted by molar-refractivity contribution is 0.0995. The molecule has 1 aromatic carbocycles. The number of hydrogen-bond acceptors (Lipinski definition) is 4. The number of hydrogen-bond donors (Lipinski definition) is 2. The Morgan fingerprint density at radius 3 is 2.70 bits per heavy atom. The van der Waals surface area contributed by atoms with Crippen LogP contribution in [0.25, 0.3) is 23.4 Å². The van der Waals surface area contributed by atoms with E-state index in [1.807, 2.05) is 0 Å². The largest absolute Gasteiger partial charge is 0.364 e. The van der Waals surface area contributed by atoms with Gasteiger partial charge in [0.05, 0.1) is 5.69 Å². The molecule has 0 saturated carbocycles. The molecular weight excluding hydrogens is 299 g/mol. The van der Waals surface area contributed by atoms with Gasteiger partial charge in [0.1, 0.15) is 23.0 Å². The number of nitrogens with zero attached hydrogens (tertiary/aromatic N) is 2. The number of carbonyl (C=O) groups is 1. The first-order valence-corrected chi connectivity index (χ1v) is 6.80. The first-order chi connectivity index (χ1) is 11.0. The maximum Gasteiger partial charge on any atom is 0.269 e. The highest BCUT2D eigenvalue weighted by molar-refractivity contribution is 5.91. The molecule has 0 aliphatic heterocycles. The Morgan fingerprint density at radius 2 is 2.04 bits per heavy atom. The summed E-state index contributed by atoms with van der Waals surface area (Å²) in [5, 5.41) is 10.5. The molecule has 0 radical (unpaired) electrons. The van der Waals surface area contributed by atoms with Gasteiger partial charge in [0.15, 0.2) is 0 Å². The van der Waals surface area contributed by atoms with E-state index in [1.54, 1.807) is 37.3 Å². The zero-order chi connectivity index (χ0) is 16.4. The standard InChI is InChI=1S/C16H13FN4O2/c1-9-13(7-6-12-8-14(16(18)22)20-19-12)15(21-23-9)10-2-4-11(17)5-3-10/h2-8H,1H3,(H2,18,22)(H,19,20)/b7-6+. The minimum Gasteiger partial charge on any atom is -0.364 e. The van der Waals surface area contributed by atoms with Crippen molar-refractivity contribution in [2.75, 3.05) is 0 Å². The van der Waals surface area contributed by atoms with Crippen LogP contribution in [-0.2, 0) is 0 Å². The second-order valence-corrected chi connectivity index (χ2v) is 4.91. The number of primary amides is 1. The van der Waals surface area contributed by atoms with Crippen molar-refractivity contribution in [3.63, 3.8) is 0 Å². The second kappa shape index (κ2) is 5.88. The molecule has 0 aliphatic carbocycles. The number of amides is 1. The maximum atomic E-state index is 13.0. The highest BCUT2D eigenvalue weighted by Crippen LogP contribution is 2.27. The number of aromatic amines is 1. The Balaban J connectivity index is 1.93. The number of nitrogens with one attached hydrogen (secondary N) is 1. The van der Waals surface area contributed by atoms with E-state index in [0.29, 0.717) is 17.1 Å². The van der Waals surface area contributed by atoms with Gasteiger partial charge in [-0.1, -0.05) is 5.16 Å². The third kappa shape index (κ3) is 3.03. The van der Waals surface area contributed by atoms with Crippen molar-refractivity contribution in [2.24, 2.45) is 5.73 Å². The first-order valence-electron chi connectivity index (χ1n) is 6.80. The number of aromatic nitrogens is 3. The molecule has 3 N–H and O–H groups in total. The molecule has 0 saturated heterocycles. The fraction of sp³-hybridized carbons (Fsp3) is 0.0625. The van der Waals surface area contributed by atoms with Crippen molar-refractivity contribution in [2.45, 2.75) is 6.92 Å². The van der Waals surface area contributed by atoms with Crippen molar-refractivity contribution >= 4 is 18.1 Å². The molecule has 23 heavy (non-hydrogen) atoms. The van der Waals surface area contributed by atoms with Crippen LogP contribution in [0.5, 0.6) is 0 Å². The van der Waals surface area contributed by atoms with Crippen molar-refractivity contribution in [1.82, 2.24) is 15.4 Å². The van der Waals surface area contributed by atoms with Crippen molar-refractivity contribution < 1.29 is 13.7 Å². The van der Waals surface area contributed by atoms with E-state index in [1.165, 1.54) is 12.1 Å². The summed E-state index contributed by atoms with van der Waals surface area (Å²) in [6, 6.07) is 7.53. The quantitative estimate of drug-likeness (QED) is 0.774. The number of carbonyl (C=O) groups excluding carboxylic acids is 1. The van der Waals surface area contributed by atoms with Crippen LogP contribution in [0.2, 0.25) is 0 Å². The second-order valence-electron chi connectivity index (χ2n) is 4.91. The molecule has 0 spiro atoms. The van der Waals surface area contributed by atoms with Crippen LogP contribution in [0.1, 0.15) is 27.5 Å². The molecule has 116 valence electrons. The number of nitrogens with two attached hydrogens (primary N) is 1. The summed E-state index contributed by atoms with van der Waals surface area (Å²) in [7, 11) is 0. The van der Waals surface area contributed by atoms with Crippen LogP contribution in [0.15, 0.2) is 34.9 Å². The number of rotatable bonds is 4. The lowest BCUT2D eigenvalue weighted by atomic mass is 10.1. The zero-order valence-electron chi connectivity index (χ0n) is 12.2. The van der Waals surface area contributed by atoms with Gasteiger partial charge in [0.2, 0.25) is 0 Å². The molecule has 6 nitrogen and oxygen atoms in total. The van der Waals surface area contributed by atoms with E-state index < -0.39 is 5.91 Å². The van der Waals surface area contributed by atoms with Gasteiger partial charge in [-0.05, 0) is 49.4 Å². The van der Waals surface area contributed by atoms with Gasteiger partial charge < -0.3 is 10.3 Å². The molecule has 0 unspecified atom stereocenters. The minimum atomic E-state index is -0.603. The molecule has 3 aromatic rings. The highest BCUT2D eigenvalue weighted by atomic mass is 19.1. The summed E-state index contributed by atoms with van der Waals surface area (Å²) in [4.78, 5) is 11.0. The van der Waals surface area contributed by atoms with Gasteiger partial charge in [-0.3, -0.25) is 9.89 Å². The highest BCUT2D eigenvalue weighted by Gasteiger charge is 2.12. The van der Waals surface area contributed by atoms with Crippen LogP contribution >= 0.6 is 0 Å². The van der Waals surface area contributed by atoms with Gasteiger partial charge in [0.25, 0.3) is 5.91 Å². The van der Waals surface area contributed by atoms with Crippen LogP contribution in [0.4, 0.5) is 4.39 Å². The van der Waals surface area contributed by atoms with Gasteiger partial charge in [-0.15, -0.1) is 0 Å². The van der Waals surface area contributed by atoms with Gasteiger partial charge in [-0.25, -0.2) is 4.39 Å². The summed E-state index contributed by atoms with van der Waals surface area (Å²) in [5.41, 5.74) is 8.03. The van der Waals surface area contributed by atoms with Crippen molar-refractivity contribution in [3.8, 4) is 11.3 Å². The van der Waals surface area contributed by atoms with Gasteiger partial charge in [-0.2, -0.15) is 5.10 Å². The lowest BCUT2D eigenvalue weighted by Gasteiger charge is -1.98. The molecule has 3 rings (SSSR count). The average molecular weight is 312 g/mol. The Labute approximate surface area is 130 Å². The monoisotopic (exact) mass is 312 g/mol. The van der Waals surface area contributed by atoms with Crippen LogP contribution < -0.4 is 5.73 Å². The van der Waals surface area contributed by atoms with E-state index in [0.717, 1.165) is 11.1 Å². The number of halogens is 1. The number of aryl methyl sites for hydroxylation is 1. The topological polar surface area (TPSA) is 97.8 Å². The fourth-order valence-electron chi connectivity index (χ4n) is 2.11. The Hall–Kier alpha value is -3.22. The Morgan fingerprint density at radius 1 is 1.30 bits per heavy atom. The molecule has 0 bridgehead atoms. The Kier molecular flexibility index (Phi) is 3.76. The number of H-pyrrole nitrogens is 1. The molecule has 0 aliphatic rings. The third-order valence-electron chi connectivity index (χ3n) is 3.31. The van der Waals surface area contributed by atoms with Crippen molar-refractivity contribution in [3.05, 3.63) is 58.9 Å². The summed E-state index contributed by atoms with van der Waals surface area (Å²) < 4.78 is 18.3. The van der Waals surface area contributed by atoms with E-state index in [4.69, 9.17) is 10.3 Å². The molecule has 2 aromatic heterocycles. The summed E-state index contributed by atoms with van der Waals surface area (Å²) in [6.07, 6.45) is 3.51. The number of benzene rings is 1. The summed E-state index contributed by atoms with van der Waals surface area (Å²) in [6.45, 7) is 1.78. The van der Waals surface area contributed by atoms with Gasteiger partial charge in [0, 0.05) is 11.1 Å². The van der Waals surface area contributed by atoms with Crippen LogP contribution in [-0.4, -0.2) is 21.3 Å². The SMILES string of the molecule is Cc1onc(-c2ccc(F)cc2)c1/C=C/c1cc(C(N)=O)n[nH]1. The molecule has 7 heteroatoms. The summed E-state index contributed by atoms with van der Waals surface area (Å²) >= 11 is 0. The predicted octanol–water partition coefficient (Wildman–Crippen LogP) is 2.78. The molecule has 0 fully saturated rings. The fourth-order valence-corrected chi connectivity index (χ4v) is 2.11. The van der Waals surface area contributed by atoms with Gasteiger partial charge >= 0.3 is 0 Å². The third-order valence-corrected chi connectivity index (χ3v) is 3.31. The predicted molar refractivity (Wildman–Crippen MR) is 82.7 cm³/mol. The molecular formula is C16H13FN4O2. The zero-order valence-corrected chi connectivity index (χ0v) is 12.2. The van der Waals surface area contributed by atoms with Crippen LogP contribution in [0, 0.1) is 12.7 Å². The molecule has 2 heterocycles. The van der Waals surface area contributed by atoms with E-state index in [9.17, 15) is 9.18 Å². The first kappa shape index (κ1) is 14.7. The smallest absolute Gasteiger partial charge is 0.269 e. The van der Waals surface area contributed by atoms with Crippen LogP contribution in [0.3, 0.4) is 0 Å². The lowest BCUT2D eigenvalue weighted by Crippen LogP contribution is -2.10. The van der Waals surface area contributed by atoms with E-state index in [2.05, 4.69) is 15.4 Å². The Bertz CT molecular complexity index is 878. The maximum absolute atomic E-state index is 13.0. The molecule has 0 atom stereocenters. The normalized spacial score (nSPS) is 11.2. The van der Waals surface area contributed by atoms with E-state index in [-0.39, 0.29) is 11.5 Å². The van der Waals surface area contributed by atoms with E-state index >= 15 is 0 Å². The van der Waals surface area contributed by atoms with Crippen molar-refractivity contribution in [1.29, 1.82) is 0 Å². The minimum absolute atomic E-state index is 0.158. The average Bonchev–Trinajstić information content (AvgIpc) is 3.13.